The number of hydrogen-bond acceptors (Lipinski definition) is 3. The largest absolute Gasteiger partial charge is 0.378 e. The van der Waals surface area contributed by atoms with E-state index in [4.69, 9.17) is 10.00 Å². The van der Waals surface area contributed by atoms with Crippen molar-refractivity contribution in [3.63, 3.8) is 0 Å². The Morgan fingerprint density at radius 3 is 2.65 bits per heavy atom. The highest BCUT2D eigenvalue weighted by Gasteiger charge is 2.29. The van der Waals surface area contributed by atoms with Crippen LogP contribution in [0, 0.1) is 16.7 Å². The van der Waals surface area contributed by atoms with Crippen LogP contribution in [0.15, 0.2) is 0 Å². The summed E-state index contributed by atoms with van der Waals surface area (Å²) in [5.41, 5.74) is 0.00350. The van der Waals surface area contributed by atoms with Gasteiger partial charge in [0.05, 0.1) is 24.7 Å². The lowest BCUT2D eigenvalue weighted by atomic mass is 9.89. The van der Waals surface area contributed by atoms with Gasteiger partial charge in [0.2, 0.25) is 0 Å². The van der Waals surface area contributed by atoms with E-state index in [1.807, 2.05) is 13.8 Å². The molecule has 17 heavy (non-hydrogen) atoms. The second-order valence-corrected chi connectivity index (χ2v) is 6.30. The minimum Gasteiger partial charge on any atom is -0.378 e. The number of nitrogens with zero attached hydrogens (tertiary/aromatic N) is 2. The van der Waals surface area contributed by atoms with Crippen molar-refractivity contribution in [2.24, 2.45) is 5.41 Å². The zero-order valence-corrected chi connectivity index (χ0v) is 11.8. The number of rotatable bonds is 5. The van der Waals surface area contributed by atoms with E-state index in [0.29, 0.717) is 0 Å². The highest BCUT2D eigenvalue weighted by Crippen LogP contribution is 2.23. The van der Waals surface area contributed by atoms with E-state index in [-0.39, 0.29) is 11.0 Å². The van der Waals surface area contributed by atoms with Crippen LogP contribution >= 0.6 is 0 Å². The molecule has 0 aliphatic carbocycles. The standard InChI is InChI=1S/C14H26N2O/c1-13(2,11-15)7-5-6-8-16-9-10-17-12-14(16,3)4/h5-10,12H2,1-4H3. The zero-order chi connectivity index (χ0) is 12.9. The molecule has 0 aromatic carbocycles. The molecule has 1 saturated heterocycles. The highest BCUT2D eigenvalue weighted by molar-refractivity contribution is 4.91. The number of nitriles is 1. The van der Waals surface area contributed by atoms with Crippen molar-refractivity contribution >= 4 is 0 Å². The average Bonchev–Trinajstić information content (AvgIpc) is 2.26. The monoisotopic (exact) mass is 238 g/mol. The van der Waals surface area contributed by atoms with Crippen molar-refractivity contribution in [1.29, 1.82) is 5.26 Å². The summed E-state index contributed by atoms with van der Waals surface area (Å²) in [4.78, 5) is 2.51. The summed E-state index contributed by atoms with van der Waals surface area (Å²) in [7, 11) is 0. The SMILES string of the molecule is CC(C)(C#N)CCCCN1CCOCC1(C)C. The third-order valence-electron chi connectivity index (χ3n) is 3.60. The van der Waals surface area contributed by atoms with Gasteiger partial charge in [-0.3, -0.25) is 4.90 Å². The fourth-order valence-electron chi connectivity index (χ4n) is 2.23. The predicted octanol–water partition coefficient (Wildman–Crippen LogP) is 2.82. The summed E-state index contributed by atoms with van der Waals surface area (Å²) in [6.07, 6.45) is 3.30. The summed E-state index contributed by atoms with van der Waals surface area (Å²) in [5.74, 6) is 0. The molecule has 0 aromatic rings. The van der Waals surface area contributed by atoms with Crippen molar-refractivity contribution in [3.05, 3.63) is 0 Å². The van der Waals surface area contributed by atoms with Gasteiger partial charge in [0.15, 0.2) is 0 Å². The molecule has 3 nitrogen and oxygen atoms in total. The molecule has 1 rings (SSSR count). The van der Waals surface area contributed by atoms with Gasteiger partial charge in [0.1, 0.15) is 0 Å². The van der Waals surface area contributed by atoms with E-state index in [9.17, 15) is 0 Å². The van der Waals surface area contributed by atoms with E-state index in [0.717, 1.165) is 39.1 Å². The molecular weight excluding hydrogens is 212 g/mol. The molecule has 0 unspecified atom stereocenters. The third-order valence-corrected chi connectivity index (χ3v) is 3.60. The molecule has 0 bridgehead atoms. The smallest absolute Gasteiger partial charge is 0.0683 e. The molecule has 1 heterocycles. The van der Waals surface area contributed by atoms with Gasteiger partial charge in [0, 0.05) is 12.1 Å². The van der Waals surface area contributed by atoms with E-state index in [2.05, 4.69) is 24.8 Å². The third kappa shape index (κ3) is 4.65. The van der Waals surface area contributed by atoms with Crippen LogP contribution in [0.4, 0.5) is 0 Å². The summed E-state index contributed by atoms with van der Waals surface area (Å²) in [5, 5.41) is 8.95. The minimum absolute atomic E-state index is 0.166. The lowest BCUT2D eigenvalue weighted by Crippen LogP contribution is -2.53. The molecule has 98 valence electrons. The number of unbranched alkanes of at least 4 members (excludes halogenated alkanes) is 1. The Hall–Kier alpha value is -0.590. The first-order valence-electron chi connectivity index (χ1n) is 6.61. The number of ether oxygens (including phenoxy) is 1. The molecule has 1 fully saturated rings. The highest BCUT2D eigenvalue weighted by atomic mass is 16.5. The Morgan fingerprint density at radius 2 is 2.06 bits per heavy atom. The lowest BCUT2D eigenvalue weighted by molar-refractivity contribution is -0.0514. The Bertz CT molecular complexity index is 278. The molecule has 0 spiro atoms. The average molecular weight is 238 g/mol. The van der Waals surface area contributed by atoms with Crippen LogP contribution in [0.1, 0.15) is 47.0 Å². The molecule has 1 aliphatic rings. The van der Waals surface area contributed by atoms with Crippen LogP contribution in [0.3, 0.4) is 0 Å². The molecule has 0 amide bonds. The molecule has 0 saturated carbocycles. The maximum Gasteiger partial charge on any atom is 0.0683 e. The van der Waals surface area contributed by atoms with Gasteiger partial charge in [-0.15, -0.1) is 0 Å². The van der Waals surface area contributed by atoms with Crippen LogP contribution < -0.4 is 0 Å². The topological polar surface area (TPSA) is 36.3 Å². The van der Waals surface area contributed by atoms with E-state index >= 15 is 0 Å². The minimum atomic E-state index is -0.166. The van der Waals surface area contributed by atoms with Gasteiger partial charge in [-0.05, 0) is 47.1 Å². The van der Waals surface area contributed by atoms with Gasteiger partial charge in [-0.2, -0.15) is 5.26 Å². The van der Waals surface area contributed by atoms with Crippen molar-refractivity contribution in [3.8, 4) is 6.07 Å². The van der Waals surface area contributed by atoms with Gasteiger partial charge < -0.3 is 4.74 Å². The fraction of sp³-hybridized carbons (Fsp3) is 0.929. The van der Waals surface area contributed by atoms with E-state index < -0.39 is 0 Å². The maximum absolute atomic E-state index is 8.95. The second-order valence-electron chi connectivity index (χ2n) is 6.30. The van der Waals surface area contributed by atoms with Crippen LogP contribution in [0.2, 0.25) is 0 Å². The summed E-state index contributed by atoms with van der Waals surface area (Å²) >= 11 is 0. The molecule has 0 radical (unpaired) electrons. The van der Waals surface area contributed by atoms with E-state index in [1.54, 1.807) is 0 Å². The molecule has 1 aliphatic heterocycles. The van der Waals surface area contributed by atoms with Crippen molar-refractivity contribution in [2.75, 3.05) is 26.3 Å². The van der Waals surface area contributed by atoms with Gasteiger partial charge in [-0.25, -0.2) is 0 Å². The molecule has 3 heteroatoms. The molecule has 0 atom stereocenters. The summed E-state index contributed by atoms with van der Waals surface area (Å²) in [6.45, 7) is 12.4. The first kappa shape index (κ1) is 14.5. The van der Waals surface area contributed by atoms with Crippen LogP contribution in [0.5, 0.6) is 0 Å². The number of morpholine rings is 1. The quantitative estimate of drug-likeness (QED) is 0.691. The Morgan fingerprint density at radius 1 is 1.35 bits per heavy atom. The summed E-state index contributed by atoms with van der Waals surface area (Å²) in [6, 6.07) is 2.36. The predicted molar refractivity (Wildman–Crippen MR) is 69.7 cm³/mol. The molecule has 0 N–H and O–H groups in total. The first-order valence-corrected chi connectivity index (χ1v) is 6.61. The maximum atomic E-state index is 8.95. The first-order chi connectivity index (χ1) is 7.87. The van der Waals surface area contributed by atoms with Crippen LogP contribution in [-0.2, 0) is 4.74 Å². The zero-order valence-electron chi connectivity index (χ0n) is 11.8. The summed E-state index contributed by atoms with van der Waals surface area (Å²) < 4.78 is 5.51. The van der Waals surface area contributed by atoms with Crippen LogP contribution in [0.25, 0.3) is 0 Å². The second kappa shape index (κ2) is 5.84. The van der Waals surface area contributed by atoms with Crippen LogP contribution in [-0.4, -0.2) is 36.7 Å². The Balaban J connectivity index is 2.25. The lowest BCUT2D eigenvalue weighted by Gasteiger charge is -2.42. The van der Waals surface area contributed by atoms with Crippen molar-refractivity contribution < 1.29 is 4.74 Å². The Kier molecular flexibility index (Phi) is 4.97. The normalized spacial score (nSPS) is 21.1. The molecule has 0 aromatic heterocycles. The Labute approximate surface area is 106 Å². The van der Waals surface area contributed by atoms with E-state index in [1.165, 1.54) is 6.42 Å². The van der Waals surface area contributed by atoms with Gasteiger partial charge >= 0.3 is 0 Å². The number of hydrogen-bond donors (Lipinski definition) is 0. The fourth-order valence-corrected chi connectivity index (χ4v) is 2.23. The van der Waals surface area contributed by atoms with Gasteiger partial charge in [0.25, 0.3) is 0 Å². The van der Waals surface area contributed by atoms with Gasteiger partial charge in [-0.1, -0.05) is 6.42 Å². The van der Waals surface area contributed by atoms with Crippen molar-refractivity contribution in [1.82, 2.24) is 4.90 Å². The molecular formula is C14H26N2O. The van der Waals surface area contributed by atoms with Crippen molar-refractivity contribution in [2.45, 2.75) is 52.5 Å².